The van der Waals surface area contributed by atoms with E-state index in [1.807, 2.05) is 6.08 Å². The molecule has 0 aromatic rings. The van der Waals surface area contributed by atoms with E-state index in [-0.39, 0.29) is 24.7 Å². The fourth-order valence-corrected chi connectivity index (χ4v) is 3.58. The predicted molar refractivity (Wildman–Crippen MR) is 78.3 cm³/mol. The third kappa shape index (κ3) is 2.03. The normalized spacial score (nSPS) is 33.6. The molecule has 23 heavy (non-hydrogen) atoms. The molecule has 0 aromatic carbocycles. The fraction of sp³-hybridized carbons (Fsp3) is 0.500. The minimum atomic E-state index is -1.69. The molecular weight excluding hydrogens is 302 g/mol. The Labute approximate surface area is 132 Å². The summed E-state index contributed by atoms with van der Waals surface area (Å²) in [6.45, 7) is 3.59. The van der Waals surface area contributed by atoms with Crippen molar-refractivity contribution < 1.29 is 28.7 Å². The second kappa shape index (κ2) is 5.33. The van der Waals surface area contributed by atoms with Crippen LogP contribution in [-0.2, 0) is 28.7 Å². The molecule has 0 N–H and O–H groups in total. The van der Waals surface area contributed by atoms with Crippen LogP contribution >= 0.6 is 0 Å². The van der Waals surface area contributed by atoms with E-state index in [2.05, 4.69) is 5.16 Å². The van der Waals surface area contributed by atoms with E-state index >= 15 is 0 Å². The number of ether oxygens (including phenoxy) is 2. The highest BCUT2D eigenvalue weighted by Gasteiger charge is 2.65. The molecule has 7 nitrogen and oxygen atoms in total. The maximum atomic E-state index is 13.0. The molecule has 2 bridgehead atoms. The molecule has 0 saturated heterocycles. The largest absolute Gasteiger partial charge is 0.466 e. The summed E-state index contributed by atoms with van der Waals surface area (Å²) in [5.41, 5.74) is -0.357. The third-order valence-electron chi connectivity index (χ3n) is 4.45. The van der Waals surface area contributed by atoms with Crippen molar-refractivity contribution in [3.8, 4) is 0 Å². The van der Waals surface area contributed by atoms with Crippen molar-refractivity contribution >= 4 is 23.4 Å². The van der Waals surface area contributed by atoms with Gasteiger partial charge in [-0.15, -0.1) is 0 Å². The summed E-state index contributed by atoms with van der Waals surface area (Å²) in [5, 5.41) is 3.78. The average Bonchev–Trinajstić information content (AvgIpc) is 2.50. The van der Waals surface area contributed by atoms with Gasteiger partial charge >= 0.3 is 11.9 Å². The van der Waals surface area contributed by atoms with Crippen LogP contribution in [0.1, 0.15) is 20.3 Å². The van der Waals surface area contributed by atoms with E-state index in [4.69, 9.17) is 14.3 Å². The summed E-state index contributed by atoms with van der Waals surface area (Å²) in [6, 6.07) is 0. The SMILES string of the molecule is CCOC(=O)[C@H]1C[C@H]2C=C3C(C)=CC(=O)O[C@]31C(=O)/C2=N/OC. The number of ketones is 1. The molecule has 0 amide bonds. The van der Waals surface area contributed by atoms with Crippen molar-refractivity contribution in [3.63, 3.8) is 0 Å². The molecule has 3 aliphatic carbocycles. The molecule has 3 atom stereocenters. The van der Waals surface area contributed by atoms with Crippen LogP contribution in [0.3, 0.4) is 0 Å². The van der Waals surface area contributed by atoms with Crippen LogP contribution < -0.4 is 0 Å². The van der Waals surface area contributed by atoms with E-state index < -0.39 is 29.2 Å². The van der Waals surface area contributed by atoms with Crippen LogP contribution in [0.15, 0.2) is 28.5 Å². The quantitative estimate of drug-likeness (QED) is 0.568. The van der Waals surface area contributed by atoms with Crippen molar-refractivity contribution in [2.75, 3.05) is 13.7 Å². The Morgan fingerprint density at radius 2 is 2.22 bits per heavy atom. The van der Waals surface area contributed by atoms with Crippen LogP contribution in [0, 0.1) is 11.8 Å². The van der Waals surface area contributed by atoms with Gasteiger partial charge < -0.3 is 14.3 Å². The van der Waals surface area contributed by atoms with Crippen molar-refractivity contribution in [3.05, 3.63) is 23.3 Å². The monoisotopic (exact) mass is 319 g/mol. The Hall–Kier alpha value is -2.44. The number of allylic oxidation sites excluding steroid dienone is 1. The number of hydrogen-bond donors (Lipinski definition) is 0. The zero-order chi connectivity index (χ0) is 16.8. The number of fused-ring (bicyclic) bond motifs is 2. The number of oxime groups is 1. The Bertz CT molecular complexity index is 689. The number of hydrogen-bond acceptors (Lipinski definition) is 7. The second-order valence-electron chi connectivity index (χ2n) is 5.70. The van der Waals surface area contributed by atoms with Crippen molar-refractivity contribution in [1.82, 2.24) is 0 Å². The van der Waals surface area contributed by atoms with E-state index in [1.165, 1.54) is 13.2 Å². The van der Waals surface area contributed by atoms with Gasteiger partial charge in [-0.05, 0) is 25.8 Å². The van der Waals surface area contributed by atoms with E-state index in [1.54, 1.807) is 13.8 Å². The topological polar surface area (TPSA) is 91.3 Å². The smallest absolute Gasteiger partial charge is 0.332 e. The zero-order valence-electron chi connectivity index (χ0n) is 13.1. The first-order valence-corrected chi connectivity index (χ1v) is 7.42. The highest BCUT2D eigenvalue weighted by molar-refractivity contribution is 6.47. The van der Waals surface area contributed by atoms with Crippen molar-refractivity contribution in [2.24, 2.45) is 17.0 Å². The fourth-order valence-electron chi connectivity index (χ4n) is 3.58. The molecule has 1 spiro atoms. The molecule has 1 fully saturated rings. The first-order valence-electron chi connectivity index (χ1n) is 7.42. The molecular formula is C16H17NO6. The van der Waals surface area contributed by atoms with E-state index in [9.17, 15) is 14.4 Å². The number of nitrogens with zero attached hydrogens (tertiary/aromatic N) is 1. The number of Topliss-reactive ketones (excluding diaryl/α,β-unsaturated/α-hetero) is 1. The Balaban J connectivity index is 2.19. The van der Waals surface area contributed by atoms with Gasteiger partial charge in [0.25, 0.3) is 0 Å². The number of esters is 2. The summed E-state index contributed by atoms with van der Waals surface area (Å²) in [4.78, 5) is 42.0. The zero-order valence-corrected chi connectivity index (χ0v) is 13.1. The second-order valence-corrected chi connectivity index (χ2v) is 5.70. The minimum Gasteiger partial charge on any atom is -0.466 e. The lowest BCUT2D eigenvalue weighted by Crippen LogP contribution is -2.65. The summed E-state index contributed by atoms with van der Waals surface area (Å²) >= 11 is 0. The van der Waals surface area contributed by atoms with Gasteiger partial charge in [0, 0.05) is 17.6 Å². The molecule has 0 aromatic heterocycles. The van der Waals surface area contributed by atoms with E-state index in [0.717, 1.165) is 0 Å². The van der Waals surface area contributed by atoms with Gasteiger partial charge in [0.05, 0.1) is 6.61 Å². The lowest BCUT2D eigenvalue weighted by molar-refractivity contribution is -0.176. The minimum absolute atomic E-state index is 0.166. The average molecular weight is 319 g/mol. The predicted octanol–water partition coefficient (Wildman–Crippen LogP) is 0.939. The molecule has 4 aliphatic rings. The summed E-state index contributed by atoms with van der Waals surface area (Å²) in [5.74, 6) is -2.95. The third-order valence-corrected chi connectivity index (χ3v) is 4.45. The maximum Gasteiger partial charge on any atom is 0.332 e. The number of rotatable bonds is 3. The Morgan fingerprint density at radius 3 is 2.87 bits per heavy atom. The molecule has 122 valence electrons. The summed E-state index contributed by atoms with van der Waals surface area (Å²) in [7, 11) is 1.34. The Morgan fingerprint density at radius 1 is 1.48 bits per heavy atom. The van der Waals surface area contributed by atoms with Gasteiger partial charge in [0.15, 0.2) is 0 Å². The van der Waals surface area contributed by atoms with Crippen molar-refractivity contribution in [1.29, 1.82) is 0 Å². The van der Waals surface area contributed by atoms with Gasteiger partial charge in [-0.1, -0.05) is 11.2 Å². The molecule has 1 saturated carbocycles. The van der Waals surface area contributed by atoms with Crippen LogP contribution in [-0.4, -0.2) is 42.8 Å². The molecule has 1 aliphatic heterocycles. The first kappa shape index (κ1) is 15.5. The van der Waals surface area contributed by atoms with Crippen LogP contribution in [0.2, 0.25) is 0 Å². The van der Waals surface area contributed by atoms with Crippen LogP contribution in [0.4, 0.5) is 0 Å². The summed E-state index contributed by atoms with van der Waals surface area (Å²) in [6.07, 6.45) is 3.44. The highest BCUT2D eigenvalue weighted by atomic mass is 16.6. The van der Waals surface area contributed by atoms with Gasteiger partial charge in [-0.3, -0.25) is 9.59 Å². The van der Waals surface area contributed by atoms with E-state index in [0.29, 0.717) is 11.1 Å². The van der Waals surface area contributed by atoms with Crippen LogP contribution in [0.5, 0.6) is 0 Å². The van der Waals surface area contributed by atoms with Gasteiger partial charge in [0.1, 0.15) is 18.7 Å². The molecule has 1 heterocycles. The standard InChI is InChI=1S/C16H17NO6/c1-4-22-15(20)11-7-9-6-10-8(2)5-12(18)23-16(10,11)14(19)13(9)17-21-3/h5-6,9,11H,4,7H2,1-3H3/b17-13+/t9-,11-,16-/m1/s1. The van der Waals surface area contributed by atoms with Gasteiger partial charge in [-0.25, -0.2) is 4.79 Å². The Kier molecular flexibility index (Phi) is 3.58. The van der Waals surface area contributed by atoms with Gasteiger partial charge in [0.2, 0.25) is 11.4 Å². The maximum absolute atomic E-state index is 13.0. The summed E-state index contributed by atoms with van der Waals surface area (Å²) < 4.78 is 10.5. The van der Waals surface area contributed by atoms with Crippen molar-refractivity contribution in [2.45, 2.75) is 25.9 Å². The van der Waals surface area contributed by atoms with Gasteiger partial charge in [-0.2, -0.15) is 0 Å². The lowest BCUT2D eigenvalue weighted by Gasteiger charge is -2.49. The lowest BCUT2D eigenvalue weighted by atomic mass is 9.58. The number of carbonyl (C=O) groups excluding carboxylic acids is 3. The molecule has 4 rings (SSSR count). The highest BCUT2D eigenvalue weighted by Crippen LogP contribution is 2.51. The molecule has 7 heteroatoms. The molecule has 0 unspecified atom stereocenters. The molecule has 0 radical (unpaired) electrons. The van der Waals surface area contributed by atoms with Crippen LogP contribution in [0.25, 0.3) is 0 Å². The first-order chi connectivity index (χ1) is 11.0. The number of carbonyl (C=O) groups is 3.